The molecule has 0 unspecified atom stereocenters. The van der Waals surface area contributed by atoms with Gasteiger partial charge in [-0.25, -0.2) is 0 Å². The molecule has 0 radical (unpaired) electrons. The zero-order valence-electron chi connectivity index (χ0n) is 19.4. The van der Waals surface area contributed by atoms with E-state index in [1.807, 2.05) is 42.5 Å². The summed E-state index contributed by atoms with van der Waals surface area (Å²) in [6.45, 7) is 1.56. The first-order chi connectivity index (χ1) is 16.6. The number of aryl methyl sites for hydroxylation is 1. The summed E-state index contributed by atoms with van der Waals surface area (Å²) < 4.78 is 10.8. The van der Waals surface area contributed by atoms with Gasteiger partial charge in [-0.1, -0.05) is 42.5 Å². The molecule has 2 amide bonds. The zero-order valence-corrected chi connectivity index (χ0v) is 19.4. The third kappa shape index (κ3) is 8.60. The van der Waals surface area contributed by atoms with Crippen molar-refractivity contribution in [2.24, 2.45) is 0 Å². The number of carbonyl (C=O) groups excluding carboxylic acids is 2. The van der Waals surface area contributed by atoms with Crippen molar-refractivity contribution in [2.45, 2.75) is 12.8 Å². The van der Waals surface area contributed by atoms with E-state index in [1.54, 1.807) is 31.4 Å². The smallest absolute Gasteiger partial charge is 0.251 e. The molecule has 3 rings (SSSR count). The van der Waals surface area contributed by atoms with Gasteiger partial charge in [0.25, 0.3) is 5.91 Å². The van der Waals surface area contributed by atoms with Crippen molar-refractivity contribution in [1.82, 2.24) is 5.32 Å². The number of nitrogens with one attached hydrogen (secondary N) is 3. The van der Waals surface area contributed by atoms with Gasteiger partial charge in [0.05, 0.1) is 19.8 Å². The molecule has 0 saturated carbocycles. The first kappa shape index (κ1) is 24.8. The Morgan fingerprint density at radius 2 is 1.65 bits per heavy atom. The SMILES string of the molecule is COCCNC(=O)c1cccc(NC(=O)CNc2cccc(OCCCc3ccccc3)c2)c1. The minimum absolute atomic E-state index is 0.0850. The van der Waals surface area contributed by atoms with Crippen LogP contribution in [0.5, 0.6) is 5.75 Å². The van der Waals surface area contributed by atoms with Gasteiger partial charge in [0.2, 0.25) is 5.91 Å². The Balaban J connectivity index is 1.42. The predicted molar refractivity (Wildman–Crippen MR) is 134 cm³/mol. The third-order valence-corrected chi connectivity index (χ3v) is 5.01. The molecule has 0 aliphatic carbocycles. The average molecular weight is 462 g/mol. The highest BCUT2D eigenvalue weighted by Gasteiger charge is 2.08. The lowest BCUT2D eigenvalue weighted by Crippen LogP contribution is -2.27. The number of hydrogen-bond donors (Lipinski definition) is 3. The Bertz CT molecular complexity index is 1060. The second-order valence-corrected chi connectivity index (χ2v) is 7.70. The van der Waals surface area contributed by atoms with Crippen molar-refractivity contribution in [3.8, 4) is 5.75 Å². The largest absolute Gasteiger partial charge is 0.494 e. The molecule has 3 N–H and O–H groups in total. The molecule has 3 aromatic rings. The summed E-state index contributed by atoms with van der Waals surface area (Å²) in [6, 6.07) is 24.7. The molecule has 0 fully saturated rings. The van der Waals surface area contributed by atoms with Crippen LogP contribution in [-0.2, 0) is 16.0 Å². The van der Waals surface area contributed by atoms with Crippen LogP contribution in [0.25, 0.3) is 0 Å². The van der Waals surface area contributed by atoms with Gasteiger partial charge in [0.15, 0.2) is 0 Å². The van der Waals surface area contributed by atoms with Gasteiger partial charge in [-0.05, 0) is 48.7 Å². The maximum atomic E-state index is 12.4. The van der Waals surface area contributed by atoms with Crippen LogP contribution >= 0.6 is 0 Å². The molecule has 7 heteroatoms. The van der Waals surface area contributed by atoms with E-state index >= 15 is 0 Å². The number of amides is 2. The molecule has 0 bridgehead atoms. The Kier molecular flexibility index (Phi) is 9.95. The highest BCUT2D eigenvalue weighted by atomic mass is 16.5. The number of hydrogen-bond acceptors (Lipinski definition) is 5. The van der Waals surface area contributed by atoms with Gasteiger partial charge in [0.1, 0.15) is 5.75 Å². The molecule has 0 aliphatic heterocycles. The molecule has 0 aromatic heterocycles. The van der Waals surface area contributed by atoms with Gasteiger partial charge in [-0.15, -0.1) is 0 Å². The van der Waals surface area contributed by atoms with Gasteiger partial charge < -0.3 is 25.4 Å². The summed E-state index contributed by atoms with van der Waals surface area (Å²) in [6.07, 6.45) is 1.89. The Morgan fingerprint density at radius 1 is 0.853 bits per heavy atom. The summed E-state index contributed by atoms with van der Waals surface area (Å²) in [5.74, 6) is 0.323. The van der Waals surface area contributed by atoms with Crippen molar-refractivity contribution in [1.29, 1.82) is 0 Å². The van der Waals surface area contributed by atoms with Crippen LogP contribution < -0.4 is 20.7 Å². The van der Waals surface area contributed by atoms with Crippen molar-refractivity contribution in [3.05, 3.63) is 90.0 Å². The number of anilines is 2. The standard InChI is InChI=1S/C27H31N3O4/c1-33-17-15-28-27(32)22-11-5-13-24(18-22)30-26(31)20-29-23-12-6-14-25(19-23)34-16-7-10-21-8-3-2-4-9-21/h2-6,8-9,11-14,18-19,29H,7,10,15-17,20H2,1H3,(H,28,32)(H,30,31). The molecule has 0 spiro atoms. The lowest BCUT2D eigenvalue weighted by molar-refractivity contribution is -0.114. The van der Waals surface area contributed by atoms with E-state index in [0.717, 1.165) is 24.3 Å². The summed E-state index contributed by atoms with van der Waals surface area (Å²) in [5.41, 5.74) is 3.12. The first-order valence-electron chi connectivity index (χ1n) is 11.3. The number of rotatable bonds is 13. The Morgan fingerprint density at radius 3 is 2.47 bits per heavy atom. The lowest BCUT2D eigenvalue weighted by Gasteiger charge is -2.11. The second kappa shape index (κ2) is 13.6. The van der Waals surface area contributed by atoms with Gasteiger partial charge in [0, 0.05) is 36.7 Å². The van der Waals surface area contributed by atoms with E-state index in [2.05, 4.69) is 28.1 Å². The minimum atomic E-state index is -0.217. The van der Waals surface area contributed by atoms with Gasteiger partial charge in [-0.2, -0.15) is 0 Å². The van der Waals surface area contributed by atoms with Gasteiger partial charge in [-0.3, -0.25) is 9.59 Å². The van der Waals surface area contributed by atoms with E-state index < -0.39 is 0 Å². The third-order valence-electron chi connectivity index (χ3n) is 5.01. The fraction of sp³-hybridized carbons (Fsp3) is 0.259. The van der Waals surface area contributed by atoms with Crippen molar-refractivity contribution in [3.63, 3.8) is 0 Å². The van der Waals surface area contributed by atoms with E-state index in [0.29, 0.717) is 31.0 Å². The van der Waals surface area contributed by atoms with Crippen LogP contribution in [0.2, 0.25) is 0 Å². The molecular weight excluding hydrogens is 430 g/mol. The van der Waals surface area contributed by atoms with Crippen LogP contribution in [0, 0.1) is 0 Å². The Labute approximate surface area is 200 Å². The quantitative estimate of drug-likeness (QED) is 0.333. The van der Waals surface area contributed by atoms with Crippen molar-refractivity contribution < 1.29 is 19.1 Å². The van der Waals surface area contributed by atoms with Crippen molar-refractivity contribution >= 4 is 23.2 Å². The highest BCUT2D eigenvalue weighted by molar-refractivity contribution is 5.98. The first-order valence-corrected chi connectivity index (χ1v) is 11.3. The van der Waals surface area contributed by atoms with E-state index in [1.165, 1.54) is 5.56 Å². The summed E-state index contributed by atoms with van der Waals surface area (Å²) in [5, 5.41) is 8.68. The normalized spacial score (nSPS) is 10.4. The van der Waals surface area contributed by atoms with Gasteiger partial charge >= 0.3 is 0 Å². The van der Waals surface area contributed by atoms with Crippen LogP contribution in [0.3, 0.4) is 0 Å². The average Bonchev–Trinajstić information content (AvgIpc) is 2.86. The Hall–Kier alpha value is -3.84. The van der Waals surface area contributed by atoms with Crippen LogP contribution in [0.4, 0.5) is 11.4 Å². The topological polar surface area (TPSA) is 88.7 Å². The summed E-state index contributed by atoms with van der Waals surface area (Å²) in [7, 11) is 1.58. The molecule has 7 nitrogen and oxygen atoms in total. The summed E-state index contributed by atoms with van der Waals surface area (Å²) in [4.78, 5) is 24.5. The molecule has 0 atom stereocenters. The van der Waals surface area contributed by atoms with E-state index in [4.69, 9.17) is 9.47 Å². The lowest BCUT2D eigenvalue weighted by atomic mass is 10.1. The fourth-order valence-electron chi connectivity index (χ4n) is 3.30. The maximum absolute atomic E-state index is 12.4. The summed E-state index contributed by atoms with van der Waals surface area (Å²) >= 11 is 0. The molecule has 3 aromatic carbocycles. The fourth-order valence-corrected chi connectivity index (χ4v) is 3.30. The highest BCUT2D eigenvalue weighted by Crippen LogP contribution is 2.18. The number of carbonyl (C=O) groups is 2. The van der Waals surface area contributed by atoms with Crippen LogP contribution in [-0.4, -0.2) is 45.2 Å². The predicted octanol–water partition coefficient (Wildman–Crippen LogP) is 4.13. The molecule has 0 aliphatic rings. The molecule has 0 saturated heterocycles. The van der Waals surface area contributed by atoms with E-state index in [-0.39, 0.29) is 18.4 Å². The molecule has 178 valence electrons. The maximum Gasteiger partial charge on any atom is 0.251 e. The zero-order chi connectivity index (χ0) is 24.0. The number of ether oxygens (including phenoxy) is 2. The van der Waals surface area contributed by atoms with Crippen molar-refractivity contribution in [2.75, 3.05) is 44.0 Å². The monoisotopic (exact) mass is 461 g/mol. The van der Waals surface area contributed by atoms with Crippen LogP contribution in [0.1, 0.15) is 22.3 Å². The molecule has 0 heterocycles. The molecular formula is C27H31N3O4. The van der Waals surface area contributed by atoms with E-state index in [9.17, 15) is 9.59 Å². The minimum Gasteiger partial charge on any atom is -0.494 e. The number of methoxy groups -OCH3 is 1. The number of benzene rings is 3. The molecule has 34 heavy (non-hydrogen) atoms. The second-order valence-electron chi connectivity index (χ2n) is 7.70. The van der Waals surface area contributed by atoms with Crippen LogP contribution in [0.15, 0.2) is 78.9 Å².